The Kier molecular flexibility index (Phi) is 3.32. The number of benzene rings is 1. The lowest BCUT2D eigenvalue weighted by Gasteiger charge is -2.02. The van der Waals surface area contributed by atoms with Gasteiger partial charge >= 0.3 is 0 Å². The molecular weight excluding hydrogens is 192 g/mol. The predicted octanol–water partition coefficient (Wildman–Crippen LogP) is 1.56. The van der Waals surface area contributed by atoms with E-state index in [-0.39, 0.29) is 0 Å². The van der Waals surface area contributed by atoms with Crippen LogP contribution in [0.4, 0.5) is 0 Å². The molecule has 4 heteroatoms. The smallest absolute Gasteiger partial charge is 0.181 e. The Morgan fingerprint density at radius 1 is 1.47 bits per heavy atom. The number of aromatic nitrogens is 1. The zero-order chi connectivity index (χ0) is 10.5. The number of methoxy groups -OCH3 is 1. The van der Waals surface area contributed by atoms with Gasteiger partial charge in [-0.2, -0.15) is 0 Å². The van der Waals surface area contributed by atoms with Crippen molar-refractivity contribution in [1.82, 2.24) is 10.3 Å². The van der Waals surface area contributed by atoms with Crippen LogP contribution in [0.25, 0.3) is 11.1 Å². The van der Waals surface area contributed by atoms with Crippen molar-refractivity contribution in [3.05, 3.63) is 30.2 Å². The van der Waals surface area contributed by atoms with Gasteiger partial charge < -0.3 is 9.15 Å². The van der Waals surface area contributed by atoms with Gasteiger partial charge in [-0.15, -0.1) is 0 Å². The molecule has 0 amide bonds. The van der Waals surface area contributed by atoms with Gasteiger partial charge in [-0.05, 0) is 24.1 Å². The molecule has 0 atom stereocenters. The maximum absolute atomic E-state index is 5.23. The number of hydrogen-bond acceptors (Lipinski definition) is 4. The van der Waals surface area contributed by atoms with E-state index in [1.54, 1.807) is 7.11 Å². The van der Waals surface area contributed by atoms with E-state index in [1.807, 2.05) is 12.1 Å². The van der Waals surface area contributed by atoms with Gasteiger partial charge in [0.1, 0.15) is 5.52 Å². The molecule has 0 saturated heterocycles. The summed E-state index contributed by atoms with van der Waals surface area (Å²) < 4.78 is 10.1. The molecule has 0 aliphatic carbocycles. The molecule has 0 unspecified atom stereocenters. The molecule has 1 aromatic heterocycles. The predicted molar refractivity (Wildman–Crippen MR) is 57.6 cm³/mol. The normalized spacial score (nSPS) is 11.0. The van der Waals surface area contributed by atoms with Crippen LogP contribution in [0.3, 0.4) is 0 Å². The van der Waals surface area contributed by atoms with Crippen molar-refractivity contribution in [2.75, 3.05) is 20.4 Å². The van der Waals surface area contributed by atoms with Gasteiger partial charge in [-0.3, -0.25) is 5.32 Å². The monoisotopic (exact) mass is 206 g/mol. The summed E-state index contributed by atoms with van der Waals surface area (Å²) in [5.74, 6) is 0. The van der Waals surface area contributed by atoms with Crippen LogP contribution in [0.1, 0.15) is 5.56 Å². The molecule has 1 heterocycles. The maximum atomic E-state index is 5.23. The molecule has 0 aliphatic rings. The fourth-order valence-corrected chi connectivity index (χ4v) is 1.46. The van der Waals surface area contributed by atoms with Crippen LogP contribution in [0, 0.1) is 0 Å². The van der Waals surface area contributed by atoms with Crippen LogP contribution in [0.2, 0.25) is 0 Å². The minimum atomic E-state index is 0.588. The quantitative estimate of drug-likeness (QED) is 0.595. The first-order valence-corrected chi connectivity index (χ1v) is 4.92. The van der Waals surface area contributed by atoms with E-state index in [0.717, 1.165) is 24.1 Å². The van der Waals surface area contributed by atoms with Crippen molar-refractivity contribution < 1.29 is 9.15 Å². The van der Waals surface area contributed by atoms with Crippen LogP contribution in [0.5, 0.6) is 0 Å². The fourth-order valence-electron chi connectivity index (χ4n) is 1.46. The first-order chi connectivity index (χ1) is 7.40. The molecule has 1 aromatic carbocycles. The summed E-state index contributed by atoms with van der Waals surface area (Å²) in [5.41, 5.74) is 2.99. The highest BCUT2D eigenvalue weighted by molar-refractivity contribution is 5.72. The summed E-state index contributed by atoms with van der Waals surface area (Å²) in [7, 11) is 1.67. The maximum Gasteiger partial charge on any atom is 0.181 e. The second-order valence-electron chi connectivity index (χ2n) is 3.34. The van der Waals surface area contributed by atoms with E-state index in [2.05, 4.69) is 16.4 Å². The number of nitrogens with one attached hydrogen (secondary N) is 1. The van der Waals surface area contributed by atoms with Crippen molar-refractivity contribution in [1.29, 1.82) is 0 Å². The van der Waals surface area contributed by atoms with Crippen molar-refractivity contribution in [2.45, 2.75) is 6.42 Å². The van der Waals surface area contributed by atoms with Gasteiger partial charge in [0.25, 0.3) is 0 Å². The molecule has 2 aromatic rings. The largest absolute Gasteiger partial charge is 0.443 e. The molecule has 0 bridgehead atoms. The highest BCUT2D eigenvalue weighted by Crippen LogP contribution is 2.14. The van der Waals surface area contributed by atoms with Gasteiger partial charge in [0, 0.05) is 13.7 Å². The first-order valence-electron chi connectivity index (χ1n) is 4.92. The Morgan fingerprint density at radius 2 is 2.40 bits per heavy atom. The Labute approximate surface area is 88.3 Å². The van der Waals surface area contributed by atoms with Crippen molar-refractivity contribution >= 4 is 11.1 Å². The lowest BCUT2D eigenvalue weighted by Crippen LogP contribution is -2.19. The Hall–Kier alpha value is -1.39. The number of ether oxygens (including phenoxy) is 1. The minimum Gasteiger partial charge on any atom is -0.443 e. The van der Waals surface area contributed by atoms with Gasteiger partial charge in [-0.1, -0.05) is 6.07 Å². The fraction of sp³-hybridized carbons (Fsp3) is 0.364. The standard InChI is InChI=1S/C11H14N2O2/c1-14-7-12-5-4-9-2-3-10-11(6-9)15-8-13-10/h2-3,6,8,12H,4-5,7H2,1H3. The Morgan fingerprint density at radius 3 is 3.27 bits per heavy atom. The lowest BCUT2D eigenvalue weighted by atomic mass is 10.1. The van der Waals surface area contributed by atoms with Crippen LogP contribution in [-0.4, -0.2) is 25.4 Å². The molecular formula is C11H14N2O2. The number of hydrogen-bond donors (Lipinski definition) is 1. The molecule has 0 saturated carbocycles. The number of rotatable bonds is 5. The van der Waals surface area contributed by atoms with Crippen LogP contribution < -0.4 is 5.32 Å². The van der Waals surface area contributed by atoms with E-state index in [0.29, 0.717) is 6.73 Å². The second-order valence-corrected chi connectivity index (χ2v) is 3.34. The number of nitrogens with zero attached hydrogens (tertiary/aromatic N) is 1. The highest BCUT2D eigenvalue weighted by Gasteiger charge is 1.99. The average molecular weight is 206 g/mol. The van der Waals surface area contributed by atoms with E-state index < -0.39 is 0 Å². The van der Waals surface area contributed by atoms with Crippen molar-refractivity contribution in [3.8, 4) is 0 Å². The highest BCUT2D eigenvalue weighted by atomic mass is 16.5. The summed E-state index contributed by atoms with van der Waals surface area (Å²) in [6, 6.07) is 6.07. The second kappa shape index (κ2) is 4.91. The van der Waals surface area contributed by atoms with E-state index in [4.69, 9.17) is 9.15 Å². The summed E-state index contributed by atoms with van der Waals surface area (Å²) in [6.07, 6.45) is 2.43. The first kappa shape index (κ1) is 10.1. The number of oxazole rings is 1. The van der Waals surface area contributed by atoms with Crippen LogP contribution in [0.15, 0.2) is 29.0 Å². The van der Waals surface area contributed by atoms with Crippen LogP contribution >= 0.6 is 0 Å². The molecule has 0 aliphatic heterocycles. The van der Waals surface area contributed by atoms with Crippen molar-refractivity contribution in [3.63, 3.8) is 0 Å². The van der Waals surface area contributed by atoms with Crippen molar-refractivity contribution in [2.24, 2.45) is 0 Å². The topological polar surface area (TPSA) is 47.3 Å². The third kappa shape index (κ3) is 2.55. The summed E-state index contributed by atoms with van der Waals surface area (Å²) in [5, 5.41) is 3.16. The van der Waals surface area contributed by atoms with E-state index >= 15 is 0 Å². The molecule has 1 N–H and O–H groups in total. The lowest BCUT2D eigenvalue weighted by molar-refractivity contribution is 0.176. The molecule has 15 heavy (non-hydrogen) atoms. The summed E-state index contributed by atoms with van der Waals surface area (Å²) in [4.78, 5) is 4.07. The summed E-state index contributed by atoms with van der Waals surface area (Å²) in [6.45, 7) is 1.48. The number of fused-ring (bicyclic) bond motifs is 1. The third-order valence-electron chi connectivity index (χ3n) is 2.23. The van der Waals surface area contributed by atoms with Crippen LogP contribution in [-0.2, 0) is 11.2 Å². The minimum absolute atomic E-state index is 0.588. The Balaban J connectivity index is 1.96. The molecule has 0 radical (unpaired) electrons. The zero-order valence-electron chi connectivity index (χ0n) is 8.69. The van der Waals surface area contributed by atoms with Gasteiger partial charge in [0.15, 0.2) is 12.0 Å². The molecule has 4 nitrogen and oxygen atoms in total. The average Bonchev–Trinajstić information content (AvgIpc) is 2.71. The van der Waals surface area contributed by atoms with E-state index in [9.17, 15) is 0 Å². The van der Waals surface area contributed by atoms with Gasteiger partial charge in [0.2, 0.25) is 0 Å². The SMILES string of the molecule is COCNCCc1ccc2ncoc2c1. The van der Waals surface area contributed by atoms with Gasteiger partial charge in [-0.25, -0.2) is 4.98 Å². The summed E-state index contributed by atoms with van der Waals surface area (Å²) >= 11 is 0. The van der Waals surface area contributed by atoms with E-state index in [1.165, 1.54) is 12.0 Å². The van der Waals surface area contributed by atoms with Gasteiger partial charge in [0.05, 0.1) is 6.73 Å². The molecule has 0 fully saturated rings. The zero-order valence-corrected chi connectivity index (χ0v) is 8.69. The third-order valence-corrected chi connectivity index (χ3v) is 2.23. The molecule has 80 valence electrons. The Bertz CT molecular complexity index is 425. The molecule has 0 spiro atoms. The molecule has 2 rings (SSSR count).